The summed E-state index contributed by atoms with van der Waals surface area (Å²) in [5.41, 5.74) is -0.464. The molecule has 0 radical (unpaired) electrons. The van der Waals surface area contributed by atoms with E-state index >= 15 is 4.39 Å². The molecule has 1 aliphatic carbocycles. The highest BCUT2D eigenvalue weighted by molar-refractivity contribution is 6.38. The van der Waals surface area contributed by atoms with Crippen LogP contribution < -0.4 is 10.3 Å². The topological polar surface area (TPSA) is 86.0 Å². The fraction of sp³-hybridized carbons (Fsp3) is 0.500. The fourth-order valence-electron chi connectivity index (χ4n) is 4.17. The molecule has 7 nitrogen and oxygen atoms in total. The zero-order chi connectivity index (χ0) is 20.9. The van der Waals surface area contributed by atoms with Crippen molar-refractivity contribution in [2.24, 2.45) is 0 Å². The number of β-amino-alcohol motifs (C(OH)–C–C–N with tert-alkyl or cyclic N) is 1. The fourth-order valence-corrected chi connectivity index (χ4v) is 4.58. The number of carboxylic acids is 1. The standard InChI is InChI=1S/C20H23ClFN3O4/c1-11-9-24(5-4-23(11)6-7-26)18-15(22)8-13-17(16(18)21)25(12-2-3-12)10-14(19(13)27)20(28)29/h8,10-12,26H,2-7,9H2,1H3,(H,28,29). The molecule has 2 N–H and O–H groups in total. The van der Waals surface area contributed by atoms with E-state index in [2.05, 4.69) is 4.90 Å². The maximum atomic E-state index is 15.1. The summed E-state index contributed by atoms with van der Waals surface area (Å²) in [7, 11) is 0. The Labute approximate surface area is 171 Å². The number of aromatic nitrogens is 1. The maximum absolute atomic E-state index is 15.1. The summed E-state index contributed by atoms with van der Waals surface area (Å²) >= 11 is 6.66. The van der Waals surface area contributed by atoms with Crippen LogP contribution in [0.25, 0.3) is 10.9 Å². The predicted octanol–water partition coefficient (Wildman–Crippen LogP) is 2.33. The van der Waals surface area contributed by atoms with E-state index in [1.54, 1.807) is 4.57 Å². The first-order chi connectivity index (χ1) is 13.8. The predicted molar refractivity (Wildman–Crippen MR) is 109 cm³/mol. The molecule has 1 unspecified atom stereocenters. The van der Waals surface area contributed by atoms with Crippen molar-refractivity contribution in [1.82, 2.24) is 9.47 Å². The van der Waals surface area contributed by atoms with Gasteiger partial charge in [0.05, 0.1) is 28.2 Å². The third kappa shape index (κ3) is 3.49. The van der Waals surface area contributed by atoms with E-state index in [4.69, 9.17) is 11.6 Å². The number of pyridine rings is 1. The SMILES string of the molecule is CC1CN(c2c(F)cc3c(=O)c(C(=O)O)cn(C4CC4)c3c2Cl)CCN1CCO. The van der Waals surface area contributed by atoms with Crippen LogP contribution >= 0.6 is 11.6 Å². The van der Waals surface area contributed by atoms with Gasteiger partial charge in [0.15, 0.2) is 0 Å². The first-order valence-electron chi connectivity index (χ1n) is 9.73. The zero-order valence-corrected chi connectivity index (χ0v) is 16.8. The average Bonchev–Trinajstić information content (AvgIpc) is 3.49. The van der Waals surface area contributed by atoms with Crippen LogP contribution in [0.1, 0.15) is 36.2 Å². The van der Waals surface area contributed by atoms with Crippen LogP contribution in [0.4, 0.5) is 10.1 Å². The molecule has 156 valence electrons. The summed E-state index contributed by atoms with van der Waals surface area (Å²) in [6, 6.07) is 1.28. The summed E-state index contributed by atoms with van der Waals surface area (Å²) in [6.45, 7) is 4.35. The molecule has 0 amide bonds. The van der Waals surface area contributed by atoms with Crippen LogP contribution in [0.2, 0.25) is 5.02 Å². The van der Waals surface area contributed by atoms with Gasteiger partial charge in [-0.3, -0.25) is 9.69 Å². The molecule has 1 aromatic heterocycles. The molecule has 2 heterocycles. The van der Waals surface area contributed by atoms with Gasteiger partial charge in [-0.1, -0.05) is 11.6 Å². The average molecular weight is 424 g/mol. The summed E-state index contributed by atoms with van der Waals surface area (Å²) in [5.74, 6) is -1.96. The number of aliphatic hydroxyl groups excluding tert-OH is 1. The second-order valence-electron chi connectivity index (χ2n) is 7.79. The number of halogens is 2. The van der Waals surface area contributed by atoms with Crippen LogP contribution in [0.3, 0.4) is 0 Å². The maximum Gasteiger partial charge on any atom is 0.341 e. The second kappa shape index (κ2) is 7.59. The number of fused-ring (bicyclic) bond motifs is 1. The molecule has 4 rings (SSSR count). The van der Waals surface area contributed by atoms with E-state index in [-0.39, 0.29) is 40.4 Å². The van der Waals surface area contributed by atoms with Crippen LogP contribution in [0, 0.1) is 5.82 Å². The van der Waals surface area contributed by atoms with Crippen LogP contribution in [-0.2, 0) is 0 Å². The Hall–Kier alpha value is -2.16. The molecular weight excluding hydrogens is 401 g/mol. The monoisotopic (exact) mass is 423 g/mol. The smallest absolute Gasteiger partial charge is 0.341 e. The number of benzene rings is 1. The Balaban J connectivity index is 1.85. The lowest BCUT2D eigenvalue weighted by Gasteiger charge is -2.41. The molecule has 0 bridgehead atoms. The lowest BCUT2D eigenvalue weighted by molar-refractivity contribution is 0.0695. The van der Waals surface area contributed by atoms with E-state index < -0.39 is 17.2 Å². The lowest BCUT2D eigenvalue weighted by atomic mass is 10.1. The molecule has 1 saturated carbocycles. The van der Waals surface area contributed by atoms with Crippen molar-refractivity contribution in [3.05, 3.63) is 38.9 Å². The molecule has 1 atom stereocenters. The molecule has 29 heavy (non-hydrogen) atoms. The van der Waals surface area contributed by atoms with Crippen molar-refractivity contribution in [3.8, 4) is 0 Å². The van der Waals surface area contributed by atoms with E-state index in [0.29, 0.717) is 31.7 Å². The van der Waals surface area contributed by atoms with Gasteiger partial charge in [0.2, 0.25) is 5.43 Å². The Bertz CT molecular complexity index is 1040. The van der Waals surface area contributed by atoms with Crippen molar-refractivity contribution >= 4 is 34.2 Å². The van der Waals surface area contributed by atoms with E-state index in [9.17, 15) is 19.8 Å². The van der Waals surface area contributed by atoms with Gasteiger partial charge >= 0.3 is 5.97 Å². The molecule has 2 aromatic rings. The third-order valence-electron chi connectivity index (χ3n) is 5.82. The number of hydrogen-bond donors (Lipinski definition) is 2. The van der Waals surface area contributed by atoms with Crippen molar-refractivity contribution < 1.29 is 19.4 Å². The molecule has 0 spiro atoms. The van der Waals surface area contributed by atoms with Crippen LogP contribution in [0.5, 0.6) is 0 Å². The Morgan fingerprint density at radius 3 is 2.66 bits per heavy atom. The molecule has 9 heteroatoms. The number of aliphatic hydroxyl groups is 1. The number of hydrogen-bond acceptors (Lipinski definition) is 5. The van der Waals surface area contributed by atoms with Gasteiger partial charge in [-0.25, -0.2) is 9.18 Å². The number of anilines is 1. The normalized spacial score (nSPS) is 20.4. The Morgan fingerprint density at radius 2 is 2.07 bits per heavy atom. The molecule has 1 aliphatic heterocycles. The minimum atomic E-state index is -1.33. The Morgan fingerprint density at radius 1 is 1.34 bits per heavy atom. The number of carbonyl (C=O) groups is 1. The van der Waals surface area contributed by atoms with E-state index in [0.717, 1.165) is 18.9 Å². The molecule has 1 aromatic carbocycles. The highest BCUT2D eigenvalue weighted by Gasteiger charge is 2.32. The summed E-state index contributed by atoms with van der Waals surface area (Å²) < 4.78 is 16.8. The first kappa shape index (κ1) is 20.1. The number of rotatable bonds is 5. The van der Waals surface area contributed by atoms with Crippen molar-refractivity contribution in [3.63, 3.8) is 0 Å². The number of nitrogens with zero attached hydrogens (tertiary/aromatic N) is 3. The van der Waals surface area contributed by atoms with Gasteiger partial charge in [-0.05, 0) is 25.8 Å². The van der Waals surface area contributed by atoms with Gasteiger partial charge in [0.25, 0.3) is 0 Å². The highest BCUT2D eigenvalue weighted by Crippen LogP contribution is 2.42. The Kier molecular flexibility index (Phi) is 5.27. The van der Waals surface area contributed by atoms with Gasteiger partial charge in [-0.15, -0.1) is 0 Å². The first-order valence-corrected chi connectivity index (χ1v) is 10.1. The van der Waals surface area contributed by atoms with Crippen molar-refractivity contribution in [2.45, 2.75) is 31.8 Å². The summed E-state index contributed by atoms with van der Waals surface area (Å²) in [4.78, 5) is 28.1. The van der Waals surface area contributed by atoms with Crippen LogP contribution in [-0.4, -0.2) is 64.5 Å². The van der Waals surface area contributed by atoms with Gasteiger partial charge in [0.1, 0.15) is 11.4 Å². The number of piperazine rings is 1. The molecular formula is C20H23ClFN3O4. The highest BCUT2D eigenvalue weighted by atomic mass is 35.5. The molecule has 2 fully saturated rings. The third-order valence-corrected chi connectivity index (χ3v) is 6.18. The van der Waals surface area contributed by atoms with E-state index in [1.165, 1.54) is 6.20 Å². The zero-order valence-electron chi connectivity index (χ0n) is 16.1. The minimum Gasteiger partial charge on any atom is -0.477 e. The van der Waals surface area contributed by atoms with Crippen LogP contribution in [0.15, 0.2) is 17.1 Å². The largest absolute Gasteiger partial charge is 0.477 e. The molecule has 1 saturated heterocycles. The van der Waals surface area contributed by atoms with Gasteiger partial charge < -0.3 is 19.7 Å². The van der Waals surface area contributed by atoms with E-state index in [1.807, 2.05) is 11.8 Å². The summed E-state index contributed by atoms with van der Waals surface area (Å²) in [5, 5.41) is 18.7. The van der Waals surface area contributed by atoms with Crippen molar-refractivity contribution in [1.29, 1.82) is 0 Å². The number of aromatic carboxylic acids is 1. The van der Waals surface area contributed by atoms with Crippen molar-refractivity contribution in [2.75, 3.05) is 37.7 Å². The van der Waals surface area contributed by atoms with Gasteiger partial charge in [0, 0.05) is 44.5 Å². The second-order valence-corrected chi connectivity index (χ2v) is 8.17. The minimum absolute atomic E-state index is 0.00462. The van der Waals surface area contributed by atoms with Gasteiger partial charge in [-0.2, -0.15) is 0 Å². The molecule has 2 aliphatic rings. The number of carboxylic acid groups (broad SMARTS) is 1. The lowest BCUT2D eigenvalue weighted by Crippen LogP contribution is -2.53. The quantitative estimate of drug-likeness (QED) is 0.767. The summed E-state index contributed by atoms with van der Waals surface area (Å²) in [6.07, 6.45) is 3.05.